The van der Waals surface area contributed by atoms with E-state index < -0.39 is 0 Å². The summed E-state index contributed by atoms with van der Waals surface area (Å²) >= 11 is 5.52. The summed E-state index contributed by atoms with van der Waals surface area (Å²) in [6.45, 7) is 10.4. The van der Waals surface area contributed by atoms with Crippen molar-refractivity contribution in [3.8, 4) is 0 Å². The average molecular weight is 688 g/mol. The molecule has 0 bridgehead atoms. The molecule has 0 nitrogen and oxygen atoms in total. The zero-order chi connectivity index (χ0) is 32.6. The van der Waals surface area contributed by atoms with E-state index in [2.05, 4.69) is 131 Å². The van der Waals surface area contributed by atoms with Crippen molar-refractivity contribution in [3.63, 3.8) is 0 Å². The maximum Gasteiger partial charge on any atom is 0 e. The van der Waals surface area contributed by atoms with E-state index in [9.17, 15) is 0 Å². The quantitative estimate of drug-likeness (QED) is 0.110. The Kier molecular flexibility index (Phi) is 19.2. The molecule has 0 atom stereocenters. The molecule has 2 heteroatoms. The molecule has 0 aromatic heterocycles. The summed E-state index contributed by atoms with van der Waals surface area (Å²) in [4.78, 5) is 0. The SMILES string of the molecule is CCCCc1cccc2c1[cH-]c1ccccc12.CCCCc1cccc2c1[cH-]c1ccccc12.Clc1cc[c-]cc1.[CH2-]CCCC.[CH3-].[Ti]. The van der Waals surface area contributed by atoms with E-state index in [1.807, 2.05) is 0 Å². The molecule has 0 heterocycles. The van der Waals surface area contributed by atoms with E-state index in [-0.39, 0.29) is 29.1 Å². The Balaban J connectivity index is 0.000000243. The van der Waals surface area contributed by atoms with E-state index in [4.69, 9.17) is 11.6 Å². The molecule has 0 aliphatic carbocycles. The van der Waals surface area contributed by atoms with Crippen LogP contribution in [-0.4, -0.2) is 0 Å². The Hall–Kier alpha value is -3.16. The van der Waals surface area contributed by atoms with Crippen molar-refractivity contribution in [2.75, 3.05) is 0 Å². The zero-order valence-electron chi connectivity index (χ0n) is 29.5. The molecule has 252 valence electrons. The van der Waals surface area contributed by atoms with Gasteiger partial charge in [-0.3, -0.25) is 0 Å². The Labute approximate surface area is 311 Å². The Morgan fingerprint density at radius 3 is 1.33 bits per heavy atom. The van der Waals surface area contributed by atoms with Crippen LogP contribution < -0.4 is 0 Å². The predicted molar refractivity (Wildman–Crippen MR) is 213 cm³/mol. The van der Waals surface area contributed by atoms with Gasteiger partial charge < -0.3 is 14.4 Å². The Bertz CT molecular complexity index is 1760. The fraction of sp³-hybridized carbons (Fsp3) is 0.261. The molecule has 0 N–H and O–H groups in total. The van der Waals surface area contributed by atoms with Crippen LogP contribution >= 0.6 is 11.6 Å². The van der Waals surface area contributed by atoms with Crippen molar-refractivity contribution in [1.82, 2.24) is 0 Å². The van der Waals surface area contributed by atoms with Gasteiger partial charge in [-0.2, -0.15) is 36.8 Å². The van der Waals surface area contributed by atoms with Gasteiger partial charge in [0, 0.05) is 21.7 Å². The molecule has 7 aromatic rings. The Morgan fingerprint density at radius 1 is 0.562 bits per heavy atom. The minimum atomic E-state index is 0. The number of benzene rings is 5. The van der Waals surface area contributed by atoms with Crippen LogP contribution in [0.15, 0.2) is 121 Å². The molecule has 0 fully saturated rings. The maximum atomic E-state index is 5.52. The first kappa shape index (κ1) is 41.0. The van der Waals surface area contributed by atoms with Gasteiger partial charge in [-0.05, 0) is 0 Å². The van der Waals surface area contributed by atoms with E-state index in [1.54, 1.807) is 24.3 Å². The van der Waals surface area contributed by atoms with Crippen LogP contribution in [0.25, 0.3) is 43.1 Å². The van der Waals surface area contributed by atoms with E-state index in [0.717, 1.165) is 11.4 Å². The van der Waals surface area contributed by atoms with Gasteiger partial charge in [-0.25, -0.2) is 0 Å². The molecule has 0 radical (unpaired) electrons. The van der Waals surface area contributed by atoms with Crippen LogP contribution in [0.4, 0.5) is 0 Å². The van der Waals surface area contributed by atoms with Gasteiger partial charge >= 0.3 is 0 Å². The van der Waals surface area contributed by atoms with Crippen molar-refractivity contribution in [2.45, 2.75) is 78.6 Å². The normalized spacial score (nSPS) is 10.2. The van der Waals surface area contributed by atoms with Crippen molar-refractivity contribution in [2.24, 2.45) is 0 Å². The van der Waals surface area contributed by atoms with Gasteiger partial charge in [-0.1, -0.05) is 150 Å². The molecule has 0 aliphatic rings. The summed E-state index contributed by atoms with van der Waals surface area (Å²) in [7, 11) is 0. The smallest absolute Gasteiger partial charge is 0 e. The number of fused-ring (bicyclic) bond motifs is 6. The average Bonchev–Trinajstić information content (AvgIpc) is 3.67. The molecule has 0 amide bonds. The third-order valence-electron chi connectivity index (χ3n) is 8.37. The number of unbranched alkanes of at least 4 members (excludes halogenated alkanes) is 4. The summed E-state index contributed by atoms with van der Waals surface area (Å²) in [5.41, 5.74) is 3.00. The van der Waals surface area contributed by atoms with E-state index in [1.165, 1.54) is 106 Å². The van der Waals surface area contributed by atoms with Crippen LogP contribution in [0.5, 0.6) is 0 Å². The molecular formula is C46H52ClTi-5. The number of halogens is 1. The summed E-state index contributed by atoms with van der Waals surface area (Å²) in [6.07, 6.45) is 11.1. The maximum absolute atomic E-state index is 5.52. The second-order valence-electron chi connectivity index (χ2n) is 11.9. The second kappa shape index (κ2) is 22.5. The molecule has 0 unspecified atom stereocenters. The van der Waals surface area contributed by atoms with Gasteiger partial charge in [0.1, 0.15) is 0 Å². The molecule has 7 rings (SSSR count). The van der Waals surface area contributed by atoms with Crippen molar-refractivity contribution >= 4 is 54.7 Å². The fourth-order valence-electron chi connectivity index (χ4n) is 5.87. The number of aryl methyl sites for hydroxylation is 2. The first-order valence-electron chi connectivity index (χ1n) is 17.1. The van der Waals surface area contributed by atoms with Gasteiger partial charge in [0.05, 0.1) is 0 Å². The molecule has 48 heavy (non-hydrogen) atoms. The fourth-order valence-corrected chi connectivity index (χ4v) is 6.00. The van der Waals surface area contributed by atoms with Crippen LogP contribution in [0.2, 0.25) is 5.02 Å². The van der Waals surface area contributed by atoms with Crippen LogP contribution in [0.1, 0.15) is 76.8 Å². The molecule has 0 spiro atoms. The van der Waals surface area contributed by atoms with E-state index in [0.29, 0.717) is 0 Å². The molecule has 0 aliphatic heterocycles. The topological polar surface area (TPSA) is 0 Å². The minimum absolute atomic E-state index is 0. The third-order valence-corrected chi connectivity index (χ3v) is 8.63. The van der Waals surface area contributed by atoms with Crippen molar-refractivity contribution < 1.29 is 21.7 Å². The summed E-state index contributed by atoms with van der Waals surface area (Å²) in [5.74, 6) is 0. The van der Waals surface area contributed by atoms with Crippen LogP contribution in [0, 0.1) is 20.4 Å². The second-order valence-corrected chi connectivity index (χ2v) is 12.3. The van der Waals surface area contributed by atoms with Gasteiger partial charge in [0.25, 0.3) is 0 Å². The first-order chi connectivity index (χ1) is 22.6. The van der Waals surface area contributed by atoms with Crippen LogP contribution in [0.3, 0.4) is 0 Å². The van der Waals surface area contributed by atoms with Gasteiger partial charge in [-0.15, -0.1) is 90.1 Å². The summed E-state index contributed by atoms with van der Waals surface area (Å²) in [6, 6.07) is 45.5. The summed E-state index contributed by atoms with van der Waals surface area (Å²) < 4.78 is 0. The number of rotatable bonds is 8. The predicted octanol–water partition coefficient (Wildman–Crippen LogP) is 14.7. The number of hydrogen-bond donors (Lipinski definition) is 0. The molecule has 7 aromatic carbocycles. The molecule has 0 saturated carbocycles. The number of hydrogen-bond acceptors (Lipinski definition) is 0. The summed E-state index contributed by atoms with van der Waals surface area (Å²) in [5, 5.41) is 12.0. The first-order valence-corrected chi connectivity index (χ1v) is 17.5. The molecular weight excluding hydrogens is 636 g/mol. The van der Waals surface area contributed by atoms with Gasteiger partial charge in [0.15, 0.2) is 0 Å². The van der Waals surface area contributed by atoms with E-state index >= 15 is 0 Å². The van der Waals surface area contributed by atoms with Crippen molar-refractivity contribution in [1.29, 1.82) is 0 Å². The minimum Gasteiger partial charge on any atom is -0.358 e. The Morgan fingerprint density at radius 2 is 0.979 bits per heavy atom. The monoisotopic (exact) mass is 687 g/mol. The standard InChI is InChI=1S/2C17H17.C6H4Cl.C5H11.CH3.Ti/c2*1-2-3-7-13-9-6-11-16-15-10-5-4-8-14(15)12-17(13)16;7-6-4-2-1-3-5-6;1-3-5-4-2;;/h2*4-6,8-12H,2-3,7H2,1H3;2-5H;1,3-5H2,2H3;1H3;/q5*-1;. The van der Waals surface area contributed by atoms with Crippen LogP contribution in [-0.2, 0) is 34.6 Å². The zero-order valence-corrected chi connectivity index (χ0v) is 31.8. The van der Waals surface area contributed by atoms with Gasteiger partial charge in [0.2, 0.25) is 0 Å². The molecule has 0 saturated heterocycles. The third kappa shape index (κ3) is 11.5. The van der Waals surface area contributed by atoms with Crippen molar-refractivity contribution in [3.05, 3.63) is 158 Å². The largest absolute Gasteiger partial charge is 0.358 e.